The van der Waals surface area contributed by atoms with Gasteiger partial charge in [0.15, 0.2) is 0 Å². The molecule has 1 N–H and O–H groups in total. The molecule has 0 saturated heterocycles. The van der Waals surface area contributed by atoms with Gasteiger partial charge in [-0.05, 0) is 73.8 Å². The lowest BCUT2D eigenvalue weighted by atomic mass is 9.98. The van der Waals surface area contributed by atoms with Crippen molar-refractivity contribution in [3.63, 3.8) is 0 Å². The van der Waals surface area contributed by atoms with Crippen molar-refractivity contribution in [3.8, 4) is 0 Å². The van der Waals surface area contributed by atoms with Gasteiger partial charge in [0.1, 0.15) is 5.82 Å². The number of hydrogen-bond donors (Lipinski definition) is 1. The third-order valence-corrected chi connectivity index (χ3v) is 4.84. The number of carbonyl (C=O) groups excluding carboxylic acids is 1. The van der Waals surface area contributed by atoms with Crippen molar-refractivity contribution >= 4 is 17.5 Å². The Kier molecular flexibility index (Phi) is 3.92. The number of hydrogen-bond acceptors (Lipinski definition) is 5. The minimum absolute atomic E-state index is 0.103. The lowest BCUT2D eigenvalue weighted by Crippen LogP contribution is -2.11. The summed E-state index contributed by atoms with van der Waals surface area (Å²) in [4.78, 5) is 20.2. The van der Waals surface area contributed by atoms with Gasteiger partial charge in [-0.15, -0.1) is 0 Å². The summed E-state index contributed by atoms with van der Waals surface area (Å²) < 4.78 is 4.99. The van der Waals surface area contributed by atoms with E-state index in [1.807, 2.05) is 0 Å². The standard InChI is InChI=1S/C19H21N3O2/c1-2-24-19(23)18-20-10-9-16(22-18)21-17-14-7-3-5-12(14)11-13-6-4-8-15(13)17/h9-11H,2-8H2,1H3,(H,20,21,22). The van der Waals surface area contributed by atoms with Crippen LogP contribution in [0.25, 0.3) is 0 Å². The molecule has 0 bridgehead atoms. The van der Waals surface area contributed by atoms with Gasteiger partial charge >= 0.3 is 5.97 Å². The van der Waals surface area contributed by atoms with E-state index in [2.05, 4.69) is 21.4 Å². The molecule has 0 saturated carbocycles. The van der Waals surface area contributed by atoms with Crippen molar-refractivity contribution in [2.75, 3.05) is 11.9 Å². The second kappa shape index (κ2) is 6.23. The Morgan fingerprint density at radius 3 is 2.54 bits per heavy atom. The number of esters is 1. The molecule has 0 spiro atoms. The maximum Gasteiger partial charge on any atom is 0.376 e. The largest absolute Gasteiger partial charge is 0.460 e. The molecule has 0 fully saturated rings. The number of anilines is 2. The highest BCUT2D eigenvalue weighted by Gasteiger charge is 2.24. The second-order valence-corrected chi connectivity index (χ2v) is 6.34. The Balaban J connectivity index is 1.69. The van der Waals surface area contributed by atoms with Crippen LogP contribution < -0.4 is 5.32 Å². The summed E-state index contributed by atoms with van der Waals surface area (Å²) in [6.07, 6.45) is 8.58. The predicted molar refractivity (Wildman–Crippen MR) is 91.8 cm³/mol. The van der Waals surface area contributed by atoms with E-state index >= 15 is 0 Å². The third-order valence-electron chi connectivity index (χ3n) is 4.84. The number of benzene rings is 1. The number of nitrogens with one attached hydrogen (secondary N) is 1. The van der Waals surface area contributed by atoms with Crippen LogP contribution in [-0.2, 0) is 30.4 Å². The molecular weight excluding hydrogens is 302 g/mol. The molecule has 5 nitrogen and oxygen atoms in total. The van der Waals surface area contributed by atoms with Crippen molar-refractivity contribution in [1.29, 1.82) is 0 Å². The highest BCUT2D eigenvalue weighted by Crippen LogP contribution is 2.39. The van der Waals surface area contributed by atoms with Crippen LogP contribution in [0.1, 0.15) is 52.6 Å². The van der Waals surface area contributed by atoms with Crippen LogP contribution in [0.3, 0.4) is 0 Å². The quantitative estimate of drug-likeness (QED) is 0.874. The average molecular weight is 323 g/mol. The number of aromatic nitrogens is 2. The Morgan fingerprint density at radius 2 is 1.88 bits per heavy atom. The van der Waals surface area contributed by atoms with Crippen LogP contribution in [0.15, 0.2) is 18.3 Å². The Bertz CT molecular complexity index is 769. The topological polar surface area (TPSA) is 64.1 Å². The van der Waals surface area contributed by atoms with Crippen molar-refractivity contribution in [1.82, 2.24) is 9.97 Å². The zero-order valence-corrected chi connectivity index (χ0v) is 13.9. The smallest absolute Gasteiger partial charge is 0.376 e. The summed E-state index contributed by atoms with van der Waals surface area (Å²) >= 11 is 0. The van der Waals surface area contributed by atoms with Gasteiger partial charge in [-0.2, -0.15) is 0 Å². The molecule has 5 heteroatoms. The van der Waals surface area contributed by atoms with Gasteiger partial charge in [-0.1, -0.05) is 6.07 Å². The molecule has 124 valence electrons. The van der Waals surface area contributed by atoms with Gasteiger partial charge in [0, 0.05) is 11.9 Å². The van der Waals surface area contributed by atoms with E-state index in [4.69, 9.17) is 4.74 Å². The summed E-state index contributed by atoms with van der Waals surface area (Å²) in [5, 5.41) is 3.48. The molecule has 0 unspecified atom stereocenters. The molecule has 1 aromatic heterocycles. The van der Waals surface area contributed by atoms with Crippen LogP contribution in [0.5, 0.6) is 0 Å². The van der Waals surface area contributed by atoms with Crippen LogP contribution in [0.4, 0.5) is 11.5 Å². The first kappa shape index (κ1) is 15.1. The molecule has 0 amide bonds. The summed E-state index contributed by atoms with van der Waals surface area (Å²) in [7, 11) is 0. The molecule has 2 aromatic rings. The number of aryl methyl sites for hydroxylation is 2. The van der Waals surface area contributed by atoms with Crippen molar-refractivity contribution < 1.29 is 9.53 Å². The lowest BCUT2D eigenvalue weighted by molar-refractivity contribution is 0.0512. The number of rotatable bonds is 4. The molecule has 0 atom stereocenters. The SMILES string of the molecule is CCOC(=O)c1nccc(Nc2c3c(cc4c2CCC4)CCC3)n1. The summed E-state index contributed by atoms with van der Waals surface area (Å²) in [5.74, 6) is 0.276. The normalized spacial score (nSPS) is 15.0. The van der Waals surface area contributed by atoms with Gasteiger partial charge in [-0.25, -0.2) is 14.8 Å². The number of nitrogens with zero attached hydrogens (tertiary/aromatic N) is 2. The van der Waals surface area contributed by atoms with E-state index in [0.29, 0.717) is 12.4 Å². The highest BCUT2D eigenvalue weighted by molar-refractivity contribution is 5.85. The first-order valence-electron chi connectivity index (χ1n) is 8.70. The van der Waals surface area contributed by atoms with E-state index in [0.717, 1.165) is 25.7 Å². The van der Waals surface area contributed by atoms with E-state index in [1.54, 1.807) is 19.2 Å². The summed E-state index contributed by atoms with van der Waals surface area (Å²) in [6.45, 7) is 2.09. The van der Waals surface area contributed by atoms with Gasteiger partial charge in [0.2, 0.25) is 5.82 Å². The Morgan fingerprint density at radius 1 is 1.17 bits per heavy atom. The molecule has 4 rings (SSSR count). The molecule has 1 heterocycles. The molecule has 24 heavy (non-hydrogen) atoms. The van der Waals surface area contributed by atoms with E-state index in [-0.39, 0.29) is 5.82 Å². The van der Waals surface area contributed by atoms with Crippen LogP contribution >= 0.6 is 0 Å². The first-order valence-corrected chi connectivity index (χ1v) is 8.70. The zero-order valence-electron chi connectivity index (χ0n) is 13.9. The number of carbonyl (C=O) groups is 1. The van der Waals surface area contributed by atoms with E-state index < -0.39 is 5.97 Å². The Hall–Kier alpha value is -2.43. The maximum absolute atomic E-state index is 11.8. The summed E-state index contributed by atoms with van der Waals surface area (Å²) in [6, 6.07) is 4.21. The highest BCUT2D eigenvalue weighted by atomic mass is 16.5. The van der Waals surface area contributed by atoms with Crippen molar-refractivity contribution in [3.05, 3.63) is 46.4 Å². The van der Waals surface area contributed by atoms with Crippen molar-refractivity contribution in [2.45, 2.75) is 45.4 Å². The minimum atomic E-state index is -0.482. The van der Waals surface area contributed by atoms with Gasteiger partial charge < -0.3 is 10.1 Å². The van der Waals surface area contributed by atoms with E-state index in [1.165, 1.54) is 40.8 Å². The molecule has 2 aliphatic rings. The number of fused-ring (bicyclic) bond motifs is 2. The van der Waals surface area contributed by atoms with Crippen LogP contribution in [0.2, 0.25) is 0 Å². The van der Waals surface area contributed by atoms with Gasteiger partial charge in [0.05, 0.1) is 6.61 Å². The predicted octanol–water partition coefficient (Wildman–Crippen LogP) is 3.37. The fraction of sp³-hybridized carbons (Fsp3) is 0.421. The number of ether oxygens (including phenoxy) is 1. The second-order valence-electron chi connectivity index (χ2n) is 6.34. The fourth-order valence-electron chi connectivity index (χ4n) is 3.82. The molecule has 0 radical (unpaired) electrons. The average Bonchev–Trinajstić information content (AvgIpc) is 3.24. The fourth-order valence-corrected chi connectivity index (χ4v) is 3.82. The summed E-state index contributed by atoms with van der Waals surface area (Å²) in [5.41, 5.74) is 7.00. The zero-order chi connectivity index (χ0) is 16.5. The van der Waals surface area contributed by atoms with E-state index in [9.17, 15) is 4.79 Å². The van der Waals surface area contributed by atoms with Crippen molar-refractivity contribution in [2.24, 2.45) is 0 Å². The third kappa shape index (κ3) is 2.64. The van der Waals surface area contributed by atoms with Gasteiger partial charge in [0.25, 0.3) is 0 Å². The molecule has 0 aliphatic heterocycles. The van der Waals surface area contributed by atoms with Crippen LogP contribution in [0, 0.1) is 0 Å². The molecule has 2 aliphatic carbocycles. The first-order chi connectivity index (χ1) is 11.8. The monoisotopic (exact) mass is 323 g/mol. The minimum Gasteiger partial charge on any atom is -0.460 e. The van der Waals surface area contributed by atoms with Gasteiger partial charge in [-0.3, -0.25) is 0 Å². The van der Waals surface area contributed by atoms with Crippen LogP contribution in [-0.4, -0.2) is 22.5 Å². The maximum atomic E-state index is 11.8. The molecular formula is C19H21N3O2. The molecule has 1 aromatic carbocycles. The lowest BCUT2D eigenvalue weighted by Gasteiger charge is -2.16. The Labute approximate surface area is 141 Å².